The Morgan fingerprint density at radius 3 is 2.33 bits per heavy atom. The van der Waals surface area contributed by atoms with E-state index in [0.29, 0.717) is 18.7 Å². The van der Waals surface area contributed by atoms with E-state index in [1.54, 1.807) is 7.05 Å². The van der Waals surface area contributed by atoms with Gasteiger partial charge in [-0.05, 0) is 12.3 Å². The lowest BCUT2D eigenvalue weighted by molar-refractivity contribution is -0.130. The Bertz CT molecular complexity index is 168. The van der Waals surface area contributed by atoms with E-state index in [2.05, 4.69) is 0 Å². The summed E-state index contributed by atoms with van der Waals surface area (Å²) in [6.45, 7) is 3.96. The first-order chi connectivity index (χ1) is 5.49. The molecule has 0 unspecified atom stereocenters. The van der Waals surface area contributed by atoms with E-state index in [9.17, 15) is 9.59 Å². The number of nitrogens with zero attached hydrogens (tertiary/aromatic N) is 1. The number of nitrogens with two attached hydrogens (primary N) is 1. The number of carbonyl (C=O) groups excluding carboxylic acids is 2. The predicted octanol–water partition coefficient (Wildman–Crippen LogP) is -0.0254. The van der Waals surface area contributed by atoms with Gasteiger partial charge in [-0.1, -0.05) is 13.8 Å². The summed E-state index contributed by atoms with van der Waals surface area (Å²) in [4.78, 5) is 22.5. The highest BCUT2D eigenvalue weighted by Crippen LogP contribution is 2.08. The van der Waals surface area contributed by atoms with Crippen LogP contribution < -0.4 is 5.73 Å². The minimum absolute atomic E-state index is 0.352. The van der Waals surface area contributed by atoms with E-state index in [-0.39, 0.29) is 0 Å². The van der Waals surface area contributed by atoms with Gasteiger partial charge in [-0.3, -0.25) is 9.59 Å². The van der Waals surface area contributed by atoms with Crippen LogP contribution >= 0.6 is 0 Å². The summed E-state index contributed by atoms with van der Waals surface area (Å²) >= 11 is 0. The topological polar surface area (TPSA) is 63.4 Å². The van der Waals surface area contributed by atoms with Gasteiger partial charge in [-0.2, -0.15) is 0 Å². The quantitative estimate of drug-likeness (QED) is 0.592. The van der Waals surface area contributed by atoms with Gasteiger partial charge in [0.05, 0.1) is 0 Å². The number of hydrogen-bond donors (Lipinski definition) is 1. The third-order valence-corrected chi connectivity index (χ3v) is 1.68. The molecule has 0 saturated heterocycles. The number of carbonyl (C=O) groups is 2. The van der Waals surface area contributed by atoms with Gasteiger partial charge in [0.1, 0.15) is 6.04 Å². The average Bonchev–Trinajstić information content (AvgIpc) is 1.98. The van der Waals surface area contributed by atoms with Crippen LogP contribution in [0.25, 0.3) is 0 Å². The van der Waals surface area contributed by atoms with Gasteiger partial charge >= 0.3 is 0 Å². The first kappa shape index (κ1) is 10.9. The third-order valence-electron chi connectivity index (χ3n) is 1.68. The summed E-state index contributed by atoms with van der Waals surface area (Å²) in [5.74, 6) is -0.0943. The van der Waals surface area contributed by atoms with Gasteiger partial charge in [0.2, 0.25) is 12.3 Å². The monoisotopic (exact) mass is 172 g/mol. The molecule has 0 radical (unpaired) electrons. The van der Waals surface area contributed by atoms with Gasteiger partial charge < -0.3 is 10.6 Å². The fourth-order valence-corrected chi connectivity index (χ4v) is 1.00. The minimum Gasteiger partial charge on any atom is -0.368 e. The standard InChI is InChI=1S/C8H16N2O2/c1-6(2)4-7(8(9)12)10(3)5-11/h5-7H,4H2,1-3H3,(H2,9,12)/t7-/m0/s1. The molecule has 0 aromatic heterocycles. The second-order valence-electron chi connectivity index (χ2n) is 3.32. The summed E-state index contributed by atoms with van der Waals surface area (Å²) in [7, 11) is 1.56. The van der Waals surface area contributed by atoms with E-state index in [4.69, 9.17) is 5.73 Å². The van der Waals surface area contributed by atoms with Crippen LogP contribution in [0, 0.1) is 5.92 Å². The lowest BCUT2D eigenvalue weighted by Crippen LogP contribution is -2.42. The zero-order valence-corrected chi connectivity index (χ0v) is 7.78. The second-order valence-corrected chi connectivity index (χ2v) is 3.32. The van der Waals surface area contributed by atoms with Gasteiger partial charge in [0.25, 0.3) is 0 Å². The highest BCUT2D eigenvalue weighted by Gasteiger charge is 2.20. The van der Waals surface area contributed by atoms with Crippen molar-refractivity contribution in [1.82, 2.24) is 4.90 Å². The zero-order chi connectivity index (χ0) is 9.72. The molecule has 0 fully saturated rings. The lowest BCUT2D eigenvalue weighted by Gasteiger charge is -2.22. The fourth-order valence-electron chi connectivity index (χ4n) is 1.00. The molecular formula is C8H16N2O2. The van der Waals surface area contributed by atoms with Crippen molar-refractivity contribution in [2.75, 3.05) is 7.05 Å². The van der Waals surface area contributed by atoms with Crippen molar-refractivity contribution in [1.29, 1.82) is 0 Å². The molecule has 0 aliphatic rings. The predicted molar refractivity (Wildman–Crippen MR) is 46.3 cm³/mol. The van der Waals surface area contributed by atoms with Crippen LogP contribution in [0.3, 0.4) is 0 Å². The van der Waals surface area contributed by atoms with E-state index in [0.717, 1.165) is 0 Å². The number of amides is 2. The van der Waals surface area contributed by atoms with Crippen molar-refractivity contribution in [2.24, 2.45) is 11.7 Å². The number of hydrogen-bond acceptors (Lipinski definition) is 2. The lowest BCUT2D eigenvalue weighted by atomic mass is 10.0. The molecule has 2 N–H and O–H groups in total. The summed E-state index contributed by atoms with van der Waals surface area (Å²) < 4.78 is 0. The normalized spacial score (nSPS) is 12.7. The summed E-state index contributed by atoms with van der Waals surface area (Å²) in [5.41, 5.74) is 5.12. The second kappa shape index (κ2) is 4.74. The highest BCUT2D eigenvalue weighted by molar-refractivity contribution is 5.81. The van der Waals surface area contributed by atoms with E-state index in [1.165, 1.54) is 4.90 Å². The van der Waals surface area contributed by atoms with E-state index in [1.807, 2.05) is 13.8 Å². The Kier molecular flexibility index (Phi) is 4.33. The maximum atomic E-state index is 10.9. The van der Waals surface area contributed by atoms with Crippen molar-refractivity contribution in [3.05, 3.63) is 0 Å². The molecule has 0 aliphatic carbocycles. The molecule has 1 atom stereocenters. The maximum Gasteiger partial charge on any atom is 0.240 e. The Labute approximate surface area is 72.7 Å². The largest absolute Gasteiger partial charge is 0.368 e. The van der Waals surface area contributed by atoms with Crippen LogP contribution in [0.1, 0.15) is 20.3 Å². The maximum absolute atomic E-state index is 10.9. The first-order valence-corrected chi connectivity index (χ1v) is 3.95. The van der Waals surface area contributed by atoms with Crippen LogP contribution in [0.4, 0.5) is 0 Å². The molecular weight excluding hydrogens is 156 g/mol. The third kappa shape index (κ3) is 3.37. The molecule has 2 amide bonds. The van der Waals surface area contributed by atoms with Crippen LogP contribution in [0.5, 0.6) is 0 Å². The molecule has 4 nitrogen and oxygen atoms in total. The summed E-state index contributed by atoms with van der Waals surface area (Å²) in [5, 5.41) is 0. The molecule has 0 aliphatic heterocycles. The van der Waals surface area contributed by atoms with Crippen molar-refractivity contribution in [2.45, 2.75) is 26.3 Å². The van der Waals surface area contributed by atoms with Gasteiger partial charge in [0.15, 0.2) is 0 Å². The van der Waals surface area contributed by atoms with Crippen LogP contribution in [0.2, 0.25) is 0 Å². The van der Waals surface area contributed by atoms with Crippen molar-refractivity contribution < 1.29 is 9.59 Å². The molecule has 0 aromatic carbocycles. The molecule has 4 heteroatoms. The molecule has 70 valence electrons. The van der Waals surface area contributed by atoms with E-state index < -0.39 is 11.9 Å². The van der Waals surface area contributed by atoms with Crippen molar-refractivity contribution in [3.63, 3.8) is 0 Å². The van der Waals surface area contributed by atoms with Crippen LogP contribution in [0.15, 0.2) is 0 Å². The van der Waals surface area contributed by atoms with Gasteiger partial charge in [0, 0.05) is 7.05 Å². The van der Waals surface area contributed by atoms with Crippen LogP contribution in [-0.2, 0) is 9.59 Å². The zero-order valence-electron chi connectivity index (χ0n) is 7.78. The molecule has 0 rings (SSSR count). The Hall–Kier alpha value is -1.06. The smallest absolute Gasteiger partial charge is 0.240 e. The highest BCUT2D eigenvalue weighted by atomic mass is 16.2. The number of rotatable bonds is 5. The van der Waals surface area contributed by atoms with Gasteiger partial charge in [-0.25, -0.2) is 0 Å². The van der Waals surface area contributed by atoms with Gasteiger partial charge in [-0.15, -0.1) is 0 Å². The number of primary amides is 1. The average molecular weight is 172 g/mol. The molecule has 12 heavy (non-hydrogen) atoms. The minimum atomic E-state index is -0.470. The molecule has 0 spiro atoms. The summed E-state index contributed by atoms with van der Waals surface area (Å²) in [6.07, 6.45) is 1.24. The molecule has 0 bridgehead atoms. The molecule has 0 heterocycles. The SMILES string of the molecule is CC(C)C[C@@H](C(N)=O)N(C)C=O. The van der Waals surface area contributed by atoms with Crippen molar-refractivity contribution >= 4 is 12.3 Å². The summed E-state index contributed by atoms with van der Waals surface area (Å²) in [6, 6.07) is -0.470. The Morgan fingerprint density at radius 1 is 1.58 bits per heavy atom. The molecule has 0 aromatic rings. The van der Waals surface area contributed by atoms with E-state index >= 15 is 0 Å². The first-order valence-electron chi connectivity index (χ1n) is 3.95. The van der Waals surface area contributed by atoms with Crippen molar-refractivity contribution in [3.8, 4) is 0 Å². The fraction of sp³-hybridized carbons (Fsp3) is 0.750. The van der Waals surface area contributed by atoms with Crippen LogP contribution in [-0.4, -0.2) is 30.3 Å². The Balaban J connectivity index is 4.22. The molecule has 0 saturated carbocycles. The number of likely N-dealkylation sites (N-methyl/N-ethyl adjacent to an activating group) is 1. The Morgan fingerprint density at radius 2 is 2.08 bits per heavy atom.